The number of rotatable bonds is 4. The van der Waals surface area contributed by atoms with E-state index < -0.39 is 0 Å². The van der Waals surface area contributed by atoms with E-state index >= 15 is 0 Å². The minimum Gasteiger partial charge on any atom is -0.461 e. The lowest BCUT2D eigenvalue weighted by Gasteiger charge is -2.35. The average molecular weight is 486 g/mol. The summed E-state index contributed by atoms with van der Waals surface area (Å²) in [7, 11) is 1.78. The molecule has 1 aliphatic rings. The van der Waals surface area contributed by atoms with Gasteiger partial charge in [-0.3, -0.25) is 4.99 Å². The number of benzene rings is 1. The van der Waals surface area contributed by atoms with Crippen molar-refractivity contribution in [2.75, 3.05) is 46.4 Å². The van der Waals surface area contributed by atoms with E-state index in [1.807, 2.05) is 25.1 Å². The number of ether oxygens (including phenoxy) is 1. The average Bonchev–Trinajstić information content (AvgIpc) is 3.08. The maximum absolute atomic E-state index is 11.8. The van der Waals surface area contributed by atoms with Crippen LogP contribution < -0.4 is 5.32 Å². The number of fused-ring (bicyclic) bond motifs is 1. The van der Waals surface area contributed by atoms with Gasteiger partial charge < -0.3 is 24.3 Å². The molecule has 7 nitrogen and oxygen atoms in total. The first-order valence-electron chi connectivity index (χ1n) is 9.06. The third-order valence-electron chi connectivity index (χ3n) is 4.45. The lowest BCUT2D eigenvalue weighted by molar-refractivity contribution is 0.0914. The van der Waals surface area contributed by atoms with Crippen LogP contribution in [0.5, 0.6) is 0 Å². The van der Waals surface area contributed by atoms with E-state index in [1.165, 1.54) is 0 Å². The van der Waals surface area contributed by atoms with Crippen molar-refractivity contribution in [1.29, 1.82) is 0 Å². The third-order valence-corrected chi connectivity index (χ3v) is 4.45. The maximum Gasteiger partial charge on any atom is 0.409 e. The molecule has 2 aromatic rings. The second-order valence-electron chi connectivity index (χ2n) is 6.15. The predicted molar refractivity (Wildman–Crippen MR) is 117 cm³/mol. The Hall–Kier alpha value is -1.97. The summed E-state index contributed by atoms with van der Waals surface area (Å²) in [6.45, 7) is 5.73. The Balaban J connectivity index is 0.00000261. The van der Waals surface area contributed by atoms with Crippen molar-refractivity contribution >= 4 is 47.0 Å². The summed E-state index contributed by atoms with van der Waals surface area (Å²) in [6.07, 6.45) is 0.552. The van der Waals surface area contributed by atoms with E-state index in [-0.39, 0.29) is 30.1 Å². The molecule has 0 saturated carbocycles. The molecule has 27 heavy (non-hydrogen) atoms. The lowest BCUT2D eigenvalue weighted by atomic mass is 10.2. The molecule has 0 spiro atoms. The number of carbonyl (C=O) groups is 1. The van der Waals surface area contributed by atoms with Gasteiger partial charge in [0.2, 0.25) is 0 Å². The first-order valence-corrected chi connectivity index (χ1v) is 9.06. The first kappa shape index (κ1) is 21.3. The van der Waals surface area contributed by atoms with Crippen molar-refractivity contribution < 1.29 is 13.9 Å². The third kappa shape index (κ3) is 5.50. The van der Waals surface area contributed by atoms with Gasteiger partial charge in [0.15, 0.2) is 5.96 Å². The zero-order valence-electron chi connectivity index (χ0n) is 15.8. The van der Waals surface area contributed by atoms with Gasteiger partial charge in [0.05, 0.1) is 6.61 Å². The largest absolute Gasteiger partial charge is 0.461 e. The summed E-state index contributed by atoms with van der Waals surface area (Å²) in [4.78, 5) is 20.0. The SMILES string of the molecule is CCOC(=O)N1CCN(C(=NC)NCCc2cc3ccccc3o2)CC1.I. The van der Waals surface area contributed by atoms with Gasteiger partial charge in [0.1, 0.15) is 11.3 Å². The molecule has 8 heteroatoms. The van der Waals surface area contributed by atoms with Crippen LogP contribution in [0.25, 0.3) is 11.0 Å². The van der Waals surface area contributed by atoms with Gasteiger partial charge in [0.25, 0.3) is 0 Å². The van der Waals surface area contributed by atoms with Crippen LogP contribution in [-0.4, -0.2) is 68.2 Å². The quantitative estimate of drug-likeness (QED) is 0.409. The number of piperazine rings is 1. The van der Waals surface area contributed by atoms with Crippen LogP contribution >= 0.6 is 24.0 Å². The fraction of sp³-hybridized carbons (Fsp3) is 0.474. The molecular formula is C19H27IN4O3. The number of carbonyl (C=O) groups excluding carboxylic acids is 1. The molecule has 3 rings (SSSR count). The smallest absolute Gasteiger partial charge is 0.409 e. The van der Waals surface area contributed by atoms with Crippen molar-refractivity contribution in [2.45, 2.75) is 13.3 Å². The molecule has 0 bridgehead atoms. The summed E-state index contributed by atoms with van der Waals surface area (Å²) in [5, 5.41) is 4.51. The Morgan fingerprint density at radius 1 is 1.22 bits per heavy atom. The van der Waals surface area contributed by atoms with Crippen molar-refractivity contribution in [2.24, 2.45) is 4.99 Å². The van der Waals surface area contributed by atoms with Gasteiger partial charge in [-0.05, 0) is 19.1 Å². The second kappa shape index (κ2) is 10.4. The summed E-state index contributed by atoms with van der Waals surface area (Å²) in [5.74, 6) is 1.81. The predicted octanol–water partition coefficient (Wildman–Crippen LogP) is 2.94. The van der Waals surface area contributed by atoms with E-state index in [1.54, 1.807) is 11.9 Å². The number of hydrogen-bond acceptors (Lipinski definition) is 4. The highest BCUT2D eigenvalue weighted by molar-refractivity contribution is 14.0. The van der Waals surface area contributed by atoms with E-state index in [4.69, 9.17) is 9.15 Å². The van der Waals surface area contributed by atoms with Crippen LogP contribution in [0.4, 0.5) is 4.79 Å². The topological polar surface area (TPSA) is 70.3 Å². The number of para-hydroxylation sites is 1. The Bertz CT molecular complexity index is 736. The monoisotopic (exact) mass is 486 g/mol. The first-order chi connectivity index (χ1) is 12.7. The van der Waals surface area contributed by atoms with Crippen LogP contribution in [0.3, 0.4) is 0 Å². The van der Waals surface area contributed by atoms with Gasteiger partial charge in [-0.25, -0.2) is 4.79 Å². The second-order valence-corrected chi connectivity index (χ2v) is 6.15. The van der Waals surface area contributed by atoms with Gasteiger partial charge >= 0.3 is 6.09 Å². The van der Waals surface area contributed by atoms with Crippen LogP contribution in [0.1, 0.15) is 12.7 Å². The Morgan fingerprint density at radius 3 is 2.59 bits per heavy atom. The number of hydrogen-bond donors (Lipinski definition) is 1. The van der Waals surface area contributed by atoms with Crippen LogP contribution in [0.2, 0.25) is 0 Å². The number of furan rings is 1. The molecule has 0 atom stereocenters. The van der Waals surface area contributed by atoms with Crippen molar-refractivity contribution in [1.82, 2.24) is 15.1 Å². The van der Waals surface area contributed by atoms with Crippen LogP contribution in [-0.2, 0) is 11.2 Å². The number of aliphatic imine (C=N–C) groups is 1. The standard InChI is InChI=1S/C19H26N4O3.HI/c1-3-25-19(24)23-12-10-22(11-13-23)18(20-2)21-9-8-16-14-15-6-4-5-7-17(15)26-16;/h4-7,14H,3,8-13H2,1-2H3,(H,20,21);1H. The molecule has 1 saturated heterocycles. The van der Waals surface area contributed by atoms with Crippen molar-refractivity contribution in [3.63, 3.8) is 0 Å². The molecule has 1 aromatic carbocycles. The molecule has 1 N–H and O–H groups in total. The highest BCUT2D eigenvalue weighted by Crippen LogP contribution is 2.18. The highest BCUT2D eigenvalue weighted by atomic mass is 127. The molecule has 0 unspecified atom stereocenters. The minimum absolute atomic E-state index is 0. The Morgan fingerprint density at radius 2 is 1.93 bits per heavy atom. The molecule has 1 fully saturated rings. The summed E-state index contributed by atoms with van der Waals surface area (Å²) >= 11 is 0. The number of nitrogens with one attached hydrogen (secondary N) is 1. The molecule has 0 aliphatic carbocycles. The Labute approximate surface area is 176 Å². The lowest BCUT2D eigenvalue weighted by Crippen LogP contribution is -2.54. The highest BCUT2D eigenvalue weighted by Gasteiger charge is 2.23. The zero-order chi connectivity index (χ0) is 18.4. The fourth-order valence-electron chi connectivity index (χ4n) is 3.11. The van der Waals surface area contributed by atoms with Crippen LogP contribution in [0.15, 0.2) is 39.7 Å². The zero-order valence-corrected chi connectivity index (χ0v) is 18.1. The van der Waals surface area contributed by atoms with Crippen molar-refractivity contribution in [3.8, 4) is 0 Å². The van der Waals surface area contributed by atoms with E-state index in [0.717, 1.165) is 48.7 Å². The van der Waals surface area contributed by atoms with E-state index in [0.29, 0.717) is 19.7 Å². The van der Waals surface area contributed by atoms with Gasteiger partial charge in [-0.15, -0.1) is 24.0 Å². The molecular weight excluding hydrogens is 459 g/mol. The number of amides is 1. The Kier molecular flexibility index (Phi) is 8.21. The van der Waals surface area contributed by atoms with Gasteiger partial charge in [-0.1, -0.05) is 18.2 Å². The van der Waals surface area contributed by atoms with Crippen molar-refractivity contribution in [3.05, 3.63) is 36.1 Å². The van der Waals surface area contributed by atoms with E-state index in [9.17, 15) is 4.79 Å². The molecule has 148 valence electrons. The fourth-order valence-corrected chi connectivity index (χ4v) is 3.11. The van der Waals surface area contributed by atoms with E-state index in [2.05, 4.69) is 27.3 Å². The summed E-state index contributed by atoms with van der Waals surface area (Å²) < 4.78 is 10.9. The molecule has 1 amide bonds. The van der Waals surface area contributed by atoms with Gasteiger partial charge in [-0.2, -0.15) is 0 Å². The number of guanidine groups is 1. The molecule has 1 aliphatic heterocycles. The molecule has 1 aromatic heterocycles. The number of nitrogens with zero attached hydrogens (tertiary/aromatic N) is 3. The van der Waals surface area contributed by atoms with Crippen LogP contribution in [0, 0.1) is 0 Å². The summed E-state index contributed by atoms with van der Waals surface area (Å²) in [5.41, 5.74) is 0.918. The minimum atomic E-state index is -0.236. The molecule has 0 radical (unpaired) electrons. The normalized spacial score (nSPS) is 14.8. The molecule has 2 heterocycles. The summed E-state index contributed by atoms with van der Waals surface area (Å²) in [6, 6.07) is 10.1. The van der Waals surface area contributed by atoms with Gasteiger partial charge in [0, 0.05) is 51.6 Å². The number of halogens is 1. The maximum atomic E-state index is 11.8.